The fourth-order valence-electron chi connectivity index (χ4n) is 5.19. The van der Waals surface area contributed by atoms with Gasteiger partial charge in [-0.05, 0) is 43.3 Å². The summed E-state index contributed by atoms with van der Waals surface area (Å²) in [6.45, 7) is 7.51. The molecular formula is C28H32N3O3+. The molecule has 1 saturated heterocycles. The first-order valence-electron chi connectivity index (χ1n) is 12.0. The van der Waals surface area contributed by atoms with Crippen LogP contribution in [-0.4, -0.2) is 55.8 Å². The Kier molecular flexibility index (Phi) is 6.16. The number of nitrogens with zero attached hydrogens (tertiary/aromatic N) is 2. The summed E-state index contributed by atoms with van der Waals surface area (Å²) in [4.78, 5) is 16.5. The van der Waals surface area contributed by atoms with Crippen molar-refractivity contribution < 1.29 is 19.2 Å². The van der Waals surface area contributed by atoms with E-state index in [1.807, 2.05) is 11.0 Å². The van der Waals surface area contributed by atoms with Crippen LogP contribution < -0.4 is 14.4 Å². The number of nitrogens with one attached hydrogen (secondary N) is 1. The van der Waals surface area contributed by atoms with E-state index >= 15 is 0 Å². The van der Waals surface area contributed by atoms with Crippen LogP contribution in [0, 0.1) is 0 Å². The lowest BCUT2D eigenvalue weighted by Crippen LogP contribution is -3.13. The van der Waals surface area contributed by atoms with Crippen molar-refractivity contribution in [1.29, 1.82) is 0 Å². The molecule has 6 heteroatoms. The van der Waals surface area contributed by atoms with Gasteiger partial charge < -0.3 is 23.8 Å². The average Bonchev–Trinajstić information content (AvgIpc) is 3.21. The Morgan fingerprint density at radius 3 is 2.35 bits per heavy atom. The first kappa shape index (κ1) is 22.3. The number of quaternary nitrogens is 1. The van der Waals surface area contributed by atoms with Gasteiger partial charge in [0, 0.05) is 39.5 Å². The highest BCUT2D eigenvalue weighted by atomic mass is 16.5. The third-order valence-electron chi connectivity index (χ3n) is 7.00. The largest absolute Gasteiger partial charge is 0.493 e. The first-order chi connectivity index (χ1) is 16.6. The minimum Gasteiger partial charge on any atom is -0.493 e. The van der Waals surface area contributed by atoms with Gasteiger partial charge in [0.25, 0.3) is 5.91 Å². The molecule has 6 nitrogen and oxygen atoms in total. The zero-order chi connectivity index (χ0) is 23.7. The van der Waals surface area contributed by atoms with E-state index in [0.29, 0.717) is 17.1 Å². The van der Waals surface area contributed by atoms with Gasteiger partial charge in [-0.3, -0.25) is 4.79 Å². The van der Waals surface area contributed by atoms with E-state index in [-0.39, 0.29) is 5.91 Å². The van der Waals surface area contributed by atoms with E-state index in [9.17, 15) is 4.79 Å². The molecular weight excluding hydrogens is 426 g/mol. The maximum Gasteiger partial charge on any atom is 0.254 e. The lowest BCUT2D eigenvalue weighted by molar-refractivity contribution is -0.917. The zero-order valence-corrected chi connectivity index (χ0v) is 20.1. The molecule has 176 valence electrons. The van der Waals surface area contributed by atoms with Crippen molar-refractivity contribution in [3.8, 4) is 11.5 Å². The third-order valence-corrected chi connectivity index (χ3v) is 7.00. The number of piperazine rings is 1. The molecule has 0 aliphatic carbocycles. The molecule has 3 aromatic carbocycles. The van der Waals surface area contributed by atoms with Gasteiger partial charge in [0.1, 0.15) is 6.54 Å². The molecule has 0 radical (unpaired) electrons. The van der Waals surface area contributed by atoms with E-state index in [2.05, 4.69) is 54.0 Å². The molecule has 1 fully saturated rings. The highest BCUT2D eigenvalue weighted by Gasteiger charge is 2.25. The van der Waals surface area contributed by atoms with Crippen LogP contribution in [0.15, 0.2) is 60.7 Å². The Hall–Kier alpha value is -3.51. The number of rotatable bonds is 6. The van der Waals surface area contributed by atoms with Crippen molar-refractivity contribution in [2.45, 2.75) is 20.0 Å². The molecule has 0 atom stereocenters. The Bertz CT molecular complexity index is 1340. The Balaban J connectivity index is 1.27. The van der Waals surface area contributed by atoms with Crippen molar-refractivity contribution in [2.24, 2.45) is 0 Å². The van der Waals surface area contributed by atoms with Crippen LogP contribution in [-0.2, 0) is 13.1 Å². The highest BCUT2D eigenvalue weighted by molar-refractivity contribution is 6.08. The van der Waals surface area contributed by atoms with Gasteiger partial charge in [-0.15, -0.1) is 0 Å². The van der Waals surface area contributed by atoms with E-state index < -0.39 is 0 Å². The van der Waals surface area contributed by atoms with E-state index in [1.54, 1.807) is 26.4 Å². The number of carbonyl (C=O) groups excluding carboxylic acids is 1. The molecule has 1 aromatic heterocycles. The van der Waals surface area contributed by atoms with Crippen LogP contribution in [0.3, 0.4) is 0 Å². The number of para-hydroxylation sites is 1. The van der Waals surface area contributed by atoms with E-state index in [0.717, 1.165) is 39.3 Å². The van der Waals surface area contributed by atoms with Gasteiger partial charge in [0.2, 0.25) is 0 Å². The lowest BCUT2D eigenvalue weighted by atomic mass is 10.1. The highest BCUT2D eigenvalue weighted by Crippen LogP contribution is 2.30. The van der Waals surface area contributed by atoms with Crippen molar-refractivity contribution in [3.05, 3.63) is 71.8 Å². The molecule has 0 saturated carbocycles. The molecule has 1 aliphatic heterocycles. The normalized spacial score (nSPS) is 14.6. The third kappa shape index (κ3) is 3.99. The van der Waals surface area contributed by atoms with Crippen LogP contribution in [0.1, 0.15) is 22.8 Å². The topological polar surface area (TPSA) is 48.1 Å². The van der Waals surface area contributed by atoms with Crippen LogP contribution >= 0.6 is 0 Å². The van der Waals surface area contributed by atoms with E-state index in [4.69, 9.17) is 9.47 Å². The molecule has 2 heterocycles. The smallest absolute Gasteiger partial charge is 0.254 e. The van der Waals surface area contributed by atoms with Crippen LogP contribution in [0.4, 0.5) is 0 Å². The monoisotopic (exact) mass is 458 g/mol. The minimum atomic E-state index is 0.0498. The van der Waals surface area contributed by atoms with Gasteiger partial charge in [-0.25, -0.2) is 0 Å². The molecule has 4 aromatic rings. The Morgan fingerprint density at radius 1 is 0.882 bits per heavy atom. The van der Waals surface area contributed by atoms with Gasteiger partial charge in [-0.2, -0.15) is 0 Å². The number of aromatic nitrogens is 1. The van der Waals surface area contributed by atoms with Crippen molar-refractivity contribution >= 4 is 27.7 Å². The molecule has 0 unspecified atom stereocenters. The molecule has 0 bridgehead atoms. The summed E-state index contributed by atoms with van der Waals surface area (Å²) in [6.07, 6.45) is 0. The van der Waals surface area contributed by atoms with Crippen LogP contribution in [0.25, 0.3) is 21.8 Å². The molecule has 34 heavy (non-hydrogen) atoms. The number of ether oxygens (including phenoxy) is 2. The Labute approximate surface area is 200 Å². The van der Waals surface area contributed by atoms with Crippen molar-refractivity contribution in [3.63, 3.8) is 0 Å². The average molecular weight is 459 g/mol. The van der Waals surface area contributed by atoms with Crippen LogP contribution in [0.2, 0.25) is 0 Å². The number of hydrogen-bond acceptors (Lipinski definition) is 3. The summed E-state index contributed by atoms with van der Waals surface area (Å²) in [7, 11) is 3.19. The number of carbonyl (C=O) groups is 1. The molecule has 5 rings (SSSR count). The molecule has 1 aliphatic rings. The second-order valence-corrected chi connectivity index (χ2v) is 8.90. The zero-order valence-electron chi connectivity index (χ0n) is 20.1. The number of hydrogen-bond donors (Lipinski definition) is 1. The number of aryl methyl sites for hydroxylation is 1. The summed E-state index contributed by atoms with van der Waals surface area (Å²) in [5, 5.41) is 2.65. The summed E-state index contributed by atoms with van der Waals surface area (Å²) >= 11 is 0. The standard InChI is InChI=1S/C28H31N3O3/c1-4-31-24-8-6-5-7-22(24)23-17-20(9-11-25(23)31)19-29-13-15-30(16-14-29)28(32)21-10-12-26(33-2)27(18-21)34-3/h5-12,17-18H,4,13-16,19H2,1-3H3/p+1. The fraction of sp³-hybridized carbons (Fsp3) is 0.321. The quantitative estimate of drug-likeness (QED) is 0.482. The molecule has 0 spiro atoms. The lowest BCUT2D eigenvalue weighted by Gasteiger charge is -2.32. The van der Waals surface area contributed by atoms with Gasteiger partial charge in [-0.1, -0.05) is 24.3 Å². The van der Waals surface area contributed by atoms with Gasteiger partial charge >= 0.3 is 0 Å². The summed E-state index contributed by atoms with van der Waals surface area (Å²) < 4.78 is 13.0. The number of methoxy groups -OCH3 is 2. The molecule has 1 amide bonds. The second kappa shape index (κ2) is 9.39. The van der Waals surface area contributed by atoms with Crippen molar-refractivity contribution in [2.75, 3.05) is 40.4 Å². The summed E-state index contributed by atoms with van der Waals surface area (Å²) in [5.74, 6) is 1.26. The number of amides is 1. The van der Waals surface area contributed by atoms with Gasteiger partial charge in [0.15, 0.2) is 11.5 Å². The SMILES string of the molecule is CCn1c2ccccc2c2cc(C[NH+]3CCN(C(=O)c4ccc(OC)c(OC)c4)CC3)ccc21. The predicted octanol–water partition coefficient (Wildman–Crippen LogP) is 3.37. The summed E-state index contributed by atoms with van der Waals surface area (Å²) in [6, 6.07) is 20.9. The number of fused-ring (bicyclic) bond motifs is 3. The van der Waals surface area contributed by atoms with E-state index in [1.165, 1.54) is 32.3 Å². The Morgan fingerprint density at radius 2 is 1.62 bits per heavy atom. The maximum atomic E-state index is 13.1. The first-order valence-corrected chi connectivity index (χ1v) is 12.0. The van der Waals surface area contributed by atoms with Gasteiger partial charge in [0.05, 0.1) is 40.4 Å². The van der Waals surface area contributed by atoms with Crippen LogP contribution in [0.5, 0.6) is 11.5 Å². The summed E-state index contributed by atoms with van der Waals surface area (Å²) in [5.41, 5.74) is 4.58. The molecule has 1 N–H and O–H groups in total. The number of benzene rings is 3. The fourth-order valence-corrected chi connectivity index (χ4v) is 5.19. The predicted molar refractivity (Wildman–Crippen MR) is 135 cm³/mol. The maximum absolute atomic E-state index is 13.1. The minimum absolute atomic E-state index is 0.0498. The van der Waals surface area contributed by atoms with Crippen molar-refractivity contribution in [1.82, 2.24) is 9.47 Å². The second-order valence-electron chi connectivity index (χ2n) is 8.90.